The van der Waals surface area contributed by atoms with Gasteiger partial charge in [0.2, 0.25) is 0 Å². The van der Waals surface area contributed by atoms with E-state index in [1.807, 2.05) is 0 Å². The Morgan fingerprint density at radius 3 is 1.39 bits per heavy atom. The molecule has 0 radical (unpaired) electrons. The standard InChI is InChI=1S/C26H30P.HI/c1-22(2)14-13-15-23(3)27(24-16-7-4-8-17-24,25-18-9-5-10-19-25)26-20-11-6-12-21-26;/h4-12,14,16-21,23H,13,15H2,1-3H3;1H/q+1;/p-1. The SMILES string of the molecule is CC(C)=CCCC(C)[P+](c1ccccc1)(c1ccccc1)c1ccccc1.[I-]. The third kappa shape index (κ3) is 4.93. The molecule has 2 heteroatoms. The van der Waals surface area contributed by atoms with Crippen LogP contribution in [-0.4, -0.2) is 5.66 Å². The third-order valence-electron chi connectivity index (χ3n) is 5.29. The van der Waals surface area contributed by atoms with Gasteiger partial charge in [0.05, 0.1) is 5.66 Å². The lowest BCUT2D eigenvalue weighted by molar-refractivity contribution is -0.00000552. The van der Waals surface area contributed by atoms with Crippen LogP contribution in [0.15, 0.2) is 103 Å². The monoisotopic (exact) mass is 500 g/mol. The van der Waals surface area contributed by atoms with E-state index in [1.54, 1.807) is 0 Å². The third-order valence-corrected chi connectivity index (χ3v) is 10.2. The molecule has 3 aromatic rings. The zero-order chi connectivity index (χ0) is 19.1. The lowest BCUT2D eigenvalue weighted by Crippen LogP contribution is -3.00. The Morgan fingerprint density at radius 2 is 1.07 bits per heavy atom. The van der Waals surface area contributed by atoms with Crippen molar-refractivity contribution in [3.05, 3.63) is 103 Å². The molecule has 0 aliphatic rings. The van der Waals surface area contributed by atoms with Crippen LogP contribution in [0.1, 0.15) is 33.6 Å². The first-order valence-corrected chi connectivity index (χ1v) is 11.7. The number of rotatable bonds is 7. The molecule has 3 aromatic carbocycles. The van der Waals surface area contributed by atoms with Gasteiger partial charge in [-0.25, -0.2) is 0 Å². The zero-order valence-electron chi connectivity index (χ0n) is 17.1. The maximum atomic E-state index is 2.46. The number of halogens is 1. The second-order valence-electron chi connectivity index (χ2n) is 7.44. The van der Waals surface area contributed by atoms with Crippen molar-refractivity contribution in [2.75, 3.05) is 0 Å². The van der Waals surface area contributed by atoms with Crippen LogP contribution in [0.2, 0.25) is 0 Å². The molecule has 0 aliphatic carbocycles. The van der Waals surface area contributed by atoms with Crippen LogP contribution >= 0.6 is 7.26 Å². The largest absolute Gasteiger partial charge is 1.00 e. The molecule has 0 heterocycles. The molecule has 146 valence electrons. The summed E-state index contributed by atoms with van der Waals surface area (Å²) >= 11 is 0. The predicted molar refractivity (Wildman–Crippen MR) is 123 cm³/mol. The molecular formula is C26H30IP. The van der Waals surface area contributed by atoms with E-state index in [2.05, 4.69) is 118 Å². The van der Waals surface area contributed by atoms with Crippen LogP contribution in [0.3, 0.4) is 0 Å². The van der Waals surface area contributed by atoms with E-state index in [0.29, 0.717) is 5.66 Å². The quantitative estimate of drug-likeness (QED) is 0.266. The van der Waals surface area contributed by atoms with Crippen LogP contribution in [0.5, 0.6) is 0 Å². The van der Waals surface area contributed by atoms with E-state index < -0.39 is 7.26 Å². The first-order chi connectivity index (χ1) is 13.2. The minimum absolute atomic E-state index is 0. The van der Waals surface area contributed by atoms with Gasteiger partial charge in [0.1, 0.15) is 23.2 Å². The molecule has 1 atom stereocenters. The normalized spacial score (nSPS) is 12.0. The minimum Gasteiger partial charge on any atom is -1.00 e. The Balaban J connectivity index is 0.00000280. The minimum atomic E-state index is -1.73. The summed E-state index contributed by atoms with van der Waals surface area (Å²) in [7, 11) is -1.73. The maximum Gasteiger partial charge on any atom is 0.114 e. The second kappa shape index (κ2) is 10.9. The van der Waals surface area contributed by atoms with Crippen molar-refractivity contribution in [1.29, 1.82) is 0 Å². The van der Waals surface area contributed by atoms with E-state index in [1.165, 1.54) is 27.9 Å². The summed E-state index contributed by atoms with van der Waals surface area (Å²) in [4.78, 5) is 0. The lowest BCUT2D eigenvalue weighted by atomic mass is 10.2. The van der Waals surface area contributed by atoms with Crippen LogP contribution < -0.4 is 39.9 Å². The van der Waals surface area contributed by atoms with Crippen LogP contribution in [0, 0.1) is 0 Å². The van der Waals surface area contributed by atoms with E-state index >= 15 is 0 Å². The van der Waals surface area contributed by atoms with E-state index in [4.69, 9.17) is 0 Å². The fourth-order valence-electron chi connectivity index (χ4n) is 4.01. The number of hydrogen-bond acceptors (Lipinski definition) is 0. The average molecular weight is 500 g/mol. The van der Waals surface area contributed by atoms with Crippen molar-refractivity contribution in [3.63, 3.8) is 0 Å². The van der Waals surface area contributed by atoms with E-state index in [9.17, 15) is 0 Å². The maximum absolute atomic E-state index is 2.46. The molecule has 0 bridgehead atoms. The molecule has 0 spiro atoms. The smallest absolute Gasteiger partial charge is 0.114 e. The first-order valence-electron chi connectivity index (χ1n) is 9.84. The molecule has 0 aromatic heterocycles. The number of allylic oxidation sites excluding steroid dienone is 2. The molecule has 0 saturated carbocycles. The van der Waals surface area contributed by atoms with E-state index in [-0.39, 0.29) is 24.0 Å². The highest BCUT2D eigenvalue weighted by Crippen LogP contribution is 2.60. The second-order valence-corrected chi connectivity index (χ2v) is 11.3. The van der Waals surface area contributed by atoms with Crippen molar-refractivity contribution in [2.45, 2.75) is 39.3 Å². The van der Waals surface area contributed by atoms with E-state index in [0.717, 1.165) is 6.42 Å². The Morgan fingerprint density at radius 1 is 0.714 bits per heavy atom. The van der Waals surface area contributed by atoms with Gasteiger partial charge in [0.25, 0.3) is 0 Å². The Bertz CT molecular complexity index is 756. The predicted octanol–water partition coefficient (Wildman–Crippen LogP) is 3.12. The fraction of sp³-hybridized carbons (Fsp3) is 0.231. The van der Waals surface area contributed by atoms with Crippen LogP contribution in [-0.2, 0) is 0 Å². The van der Waals surface area contributed by atoms with Gasteiger partial charge >= 0.3 is 0 Å². The Kier molecular flexibility index (Phi) is 8.92. The fourth-order valence-corrected chi connectivity index (χ4v) is 8.89. The first kappa shape index (κ1) is 22.8. The summed E-state index contributed by atoms with van der Waals surface area (Å²) in [6.07, 6.45) is 4.71. The van der Waals surface area contributed by atoms with Crippen molar-refractivity contribution in [3.8, 4) is 0 Å². The average Bonchev–Trinajstić information content (AvgIpc) is 2.71. The topological polar surface area (TPSA) is 0 Å². The highest BCUT2D eigenvalue weighted by molar-refractivity contribution is 7.96. The Hall–Kier alpha value is -1.44. The molecule has 1 unspecified atom stereocenters. The molecule has 0 nitrogen and oxygen atoms in total. The van der Waals surface area contributed by atoms with Gasteiger partial charge in [-0.1, -0.05) is 66.2 Å². The highest BCUT2D eigenvalue weighted by Gasteiger charge is 2.49. The zero-order valence-corrected chi connectivity index (χ0v) is 20.1. The molecular weight excluding hydrogens is 470 g/mol. The Labute approximate surface area is 188 Å². The van der Waals surface area contributed by atoms with Crippen LogP contribution in [0.4, 0.5) is 0 Å². The molecule has 0 fully saturated rings. The summed E-state index contributed by atoms with van der Waals surface area (Å²) in [5.74, 6) is 0. The van der Waals surface area contributed by atoms with Gasteiger partial charge < -0.3 is 24.0 Å². The van der Waals surface area contributed by atoms with Gasteiger partial charge in [-0.2, -0.15) is 0 Å². The molecule has 0 N–H and O–H groups in total. The molecule has 0 amide bonds. The molecule has 0 saturated heterocycles. The van der Waals surface area contributed by atoms with Crippen LogP contribution in [0.25, 0.3) is 0 Å². The van der Waals surface area contributed by atoms with Gasteiger partial charge in [-0.15, -0.1) is 0 Å². The molecule has 3 rings (SSSR count). The number of hydrogen-bond donors (Lipinski definition) is 0. The highest BCUT2D eigenvalue weighted by atomic mass is 127. The summed E-state index contributed by atoms with van der Waals surface area (Å²) in [6.45, 7) is 6.84. The summed E-state index contributed by atoms with van der Waals surface area (Å²) in [5.41, 5.74) is 1.98. The van der Waals surface area contributed by atoms with Gasteiger partial charge in [-0.05, 0) is 70.0 Å². The molecule has 28 heavy (non-hydrogen) atoms. The summed E-state index contributed by atoms with van der Waals surface area (Å²) in [6, 6.07) is 33.6. The number of benzene rings is 3. The summed E-state index contributed by atoms with van der Waals surface area (Å²) in [5, 5.41) is 4.44. The van der Waals surface area contributed by atoms with Gasteiger partial charge in [0.15, 0.2) is 0 Å². The lowest BCUT2D eigenvalue weighted by Gasteiger charge is -2.33. The summed E-state index contributed by atoms with van der Waals surface area (Å²) < 4.78 is 0. The van der Waals surface area contributed by atoms with Crippen molar-refractivity contribution < 1.29 is 24.0 Å². The van der Waals surface area contributed by atoms with Gasteiger partial charge in [0, 0.05) is 0 Å². The van der Waals surface area contributed by atoms with Gasteiger partial charge in [-0.3, -0.25) is 0 Å². The van der Waals surface area contributed by atoms with Crippen molar-refractivity contribution >= 4 is 23.2 Å². The molecule has 0 aliphatic heterocycles. The van der Waals surface area contributed by atoms with Crippen molar-refractivity contribution in [2.24, 2.45) is 0 Å². The van der Waals surface area contributed by atoms with Crippen molar-refractivity contribution in [1.82, 2.24) is 0 Å².